The van der Waals surface area contributed by atoms with E-state index in [1.54, 1.807) is 0 Å². The molecule has 0 aliphatic heterocycles. The number of benzene rings is 3. The van der Waals surface area contributed by atoms with Gasteiger partial charge in [-0.05, 0) is 49.2 Å². The second-order valence-corrected chi connectivity index (χ2v) is 10.8. The van der Waals surface area contributed by atoms with Crippen LogP contribution in [0.4, 0.5) is 0 Å². The molecule has 0 aromatic heterocycles. The minimum absolute atomic E-state index is 0.411. The van der Waals surface area contributed by atoms with Gasteiger partial charge in [-0.2, -0.15) is 0 Å². The van der Waals surface area contributed by atoms with Gasteiger partial charge in [0.15, 0.2) is 6.35 Å². The molecule has 1 fully saturated rings. The van der Waals surface area contributed by atoms with Crippen molar-refractivity contribution in [2.75, 3.05) is 6.35 Å². The summed E-state index contributed by atoms with van der Waals surface area (Å²) in [6.45, 7) is 0. The smallest absolute Gasteiger partial charge is 0.171 e. The standard InChI is InChI=1S/C25H28OP/c1-5-13-22(14-6-1)26-21-27(23-15-7-2-8-16-23,24-17-9-3-10-18-24)25-19-11-4-12-20-25/h2-4,7-12,15-20,22H,1,5-6,13-14,21H2/q+1. The van der Waals surface area contributed by atoms with Gasteiger partial charge in [-0.25, -0.2) is 0 Å². The van der Waals surface area contributed by atoms with Crippen molar-refractivity contribution >= 4 is 23.2 Å². The summed E-state index contributed by atoms with van der Waals surface area (Å²) in [7, 11) is -1.84. The van der Waals surface area contributed by atoms with E-state index >= 15 is 0 Å². The summed E-state index contributed by atoms with van der Waals surface area (Å²) in [5.74, 6) is 0. The fraction of sp³-hybridized carbons (Fsp3) is 0.280. The van der Waals surface area contributed by atoms with E-state index in [1.165, 1.54) is 48.0 Å². The molecule has 4 rings (SSSR count). The third-order valence-corrected chi connectivity index (χ3v) is 9.72. The maximum absolute atomic E-state index is 6.66. The Hall–Kier alpha value is -1.95. The minimum Gasteiger partial charge on any atom is -0.342 e. The first-order valence-electron chi connectivity index (χ1n) is 10.1. The molecule has 1 saturated carbocycles. The average molecular weight is 375 g/mol. The quantitative estimate of drug-likeness (QED) is 0.532. The second-order valence-electron chi connectivity index (χ2n) is 7.37. The maximum Gasteiger partial charge on any atom is 0.171 e. The topological polar surface area (TPSA) is 9.23 Å². The van der Waals surface area contributed by atoms with Gasteiger partial charge in [-0.1, -0.05) is 73.9 Å². The summed E-state index contributed by atoms with van der Waals surface area (Å²) < 4.78 is 6.66. The predicted octanol–water partition coefficient (Wildman–Crippen LogP) is 5.29. The predicted molar refractivity (Wildman–Crippen MR) is 118 cm³/mol. The highest BCUT2D eigenvalue weighted by Gasteiger charge is 2.46. The monoisotopic (exact) mass is 375 g/mol. The van der Waals surface area contributed by atoms with Crippen LogP contribution in [0, 0.1) is 0 Å². The fourth-order valence-electron chi connectivity index (χ4n) is 4.17. The molecule has 0 spiro atoms. The molecule has 0 amide bonds. The fourth-order valence-corrected chi connectivity index (χ4v) is 7.99. The lowest BCUT2D eigenvalue weighted by molar-refractivity contribution is 0.0582. The van der Waals surface area contributed by atoms with Crippen LogP contribution in [0.1, 0.15) is 32.1 Å². The Morgan fingerprint density at radius 2 is 1.00 bits per heavy atom. The number of hydrogen-bond donors (Lipinski definition) is 0. The highest BCUT2D eigenvalue weighted by molar-refractivity contribution is 7.95. The van der Waals surface area contributed by atoms with Crippen LogP contribution in [0.25, 0.3) is 0 Å². The zero-order valence-corrected chi connectivity index (χ0v) is 16.7. The Balaban J connectivity index is 1.81. The molecule has 1 aliphatic carbocycles. The Bertz CT molecular complexity index is 714. The Kier molecular flexibility index (Phi) is 6.02. The van der Waals surface area contributed by atoms with Gasteiger partial charge in [0.25, 0.3) is 0 Å². The third kappa shape index (κ3) is 4.00. The number of hydrogen-bond acceptors (Lipinski definition) is 1. The summed E-state index contributed by atoms with van der Waals surface area (Å²) in [5, 5.41) is 4.20. The SMILES string of the molecule is c1ccc([P+](COC2CCCCC2)(c2ccccc2)c2ccccc2)cc1. The highest BCUT2D eigenvalue weighted by atomic mass is 31.2. The molecule has 0 atom stereocenters. The maximum atomic E-state index is 6.66. The van der Waals surface area contributed by atoms with Crippen LogP contribution in [0.5, 0.6) is 0 Å². The molecule has 3 aromatic carbocycles. The lowest BCUT2D eigenvalue weighted by atomic mass is 9.98. The first-order chi connectivity index (χ1) is 13.4. The van der Waals surface area contributed by atoms with Crippen LogP contribution in [-0.2, 0) is 4.74 Å². The van der Waals surface area contributed by atoms with E-state index in [-0.39, 0.29) is 0 Å². The molecule has 0 N–H and O–H groups in total. The van der Waals surface area contributed by atoms with E-state index in [1.807, 2.05) is 0 Å². The van der Waals surface area contributed by atoms with Crippen molar-refractivity contribution in [2.45, 2.75) is 38.2 Å². The van der Waals surface area contributed by atoms with E-state index in [0.717, 1.165) is 6.35 Å². The van der Waals surface area contributed by atoms with Gasteiger partial charge in [0.2, 0.25) is 0 Å². The van der Waals surface area contributed by atoms with Crippen molar-refractivity contribution in [3.05, 3.63) is 91.0 Å². The van der Waals surface area contributed by atoms with E-state index in [4.69, 9.17) is 4.74 Å². The normalized spacial score (nSPS) is 15.6. The van der Waals surface area contributed by atoms with E-state index in [0.29, 0.717) is 6.10 Å². The molecule has 1 nitrogen and oxygen atoms in total. The molecule has 0 heterocycles. The van der Waals surface area contributed by atoms with Crippen molar-refractivity contribution in [3.63, 3.8) is 0 Å². The molecule has 2 heteroatoms. The Morgan fingerprint density at radius 1 is 0.593 bits per heavy atom. The van der Waals surface area contributed by atoms with Gasteiger partial charge in [0.05, 0.1) is 6.10 Å². The van der Waals surface area contributed by atoms with Crippen molar-refractivity contribution < 1.29 is 4.74 Å². The molecule has 0 unspecified atom stereocenters. The van der Waals surface area contributed by atoms with Crippen LogP contribution in [-0.4, -0.2) is 12.5 Å². The van der Waals surface area contributed by atoms with Gasteiger partial charge in [0, 0.05) is 0 Å². The minimum atomic E-state index is -1.84. The van der Waals surface area contributed by atoms with Gasteiger partial charge in [0.1, 0.15) is 23.2 Å². The largest absolute Gasteiger partial charge is 0.342 e. The summed E-state index contributed by atoms with van der Waals surface area (Å²) in [6.07, 6.45) is 7.58. The third-order valence-electron chi connectivity index (χ3n) is 5.65. The first-order valence-corrected chi connectivity index (χ1v) is 12.0. The molecule has 1 aliphatic rings. The summed E-state index contributed by atoms with van der Waals surface area (Å²) in [6, 6.07) is 33.0. The second kappa shape index (κ2) is 8.83. The molecular formula is C25H28OP+. The van der Waals surface area contributed by atoms with Gasteiger partial charge < -0.3 is 4.74 Å². The van der Waals surface area contributed by atoms with Crippen molar-refractivity contribution in [1.82, 2.24) is 0 Å². The van der Waals surface area contributed by atoms with E-state index in [9.17, 15) is 0 Å². The van der Waals surface area contributed by atoms with Crippen LogP contribution in [0.2, 0.25) is 0 Å². The van der Waals surface area contributed by atoms with Crippen molar-refractivity contribution in [3.8, 4) is 0 Å². The van der Waals surface area contributed by atoms with Crippen LogP contribution < -0.4 is 15.9 Å². The summed E-state index contributed by atoms with van der Waals surface area (Å²) in [5.41, 5.74) is 0. The van der Waals surface area contributed by atoms with E-state index in [2.05, 4.69) is 91.0 Å². The molecule has 27 heavy (non-hydrogen) atoms. The number of rotatable bonds is 6. The molecule has 3 aromatic rings. The van der Waals surface area contributed by atoms with Gasteiger partial charge >= 0.3 is 0 Å². The molecule has 138 valence electrons. The van der Waals surface area contributed by atoms with Crippen LogP contribution >= 0.6 is 7.26 Å². The Labute approximate surface area is 163 Å². The molecule has 0 bridgehead atoms. The van der Waals surface area contributed by atoms with Crippen LogP contribution in [0.15, 0.2) is 91.0 Å². The zero-order valence-electron chi connectivity index (χ0n) is 15.8. The molecular weight excluding hydrogens is 347 g/mol. The van der Waals surface area contributed by atoms with Crippen molar-refractivity contribution in [2.24, 2.45) is 0 Å². The average Bonchev–Trinajstić information content (AvgIpc) is 2.77. The van der Waals surface area contributed by atoms with Gasteiger partial charge in [-0.3, -0.25) is 0 Å². The highest BCUT2D eigenvalue weighted by Crippen LogP contribution is 2.55. The molecule has 0 saturated heterocycles. The van der Waals surface area contributed by atoms with Crippen LogP contribution in [0.3, 0.4) is 0 Å². The lowest BCUT2D eigenvalue weighted by Gasteiger charge is -2.30. The number of ether oxygens (including phenoxy) is 1. The van der Waals surface area contributed by atoms with Crippen molar-refractivity contribution in [1.29, 1.82) is 0 Å². The Morgan fingerprint density at radius 3 is 1.41 bits per heavy atom. The molecule has 0 radical (unpaired) electrons. The van der Waals surface area contributed by atoms with Gasteiger partial charge in [-0.15, -0.1) is 0 Å². The lowest BCUT2D eigenvalue weighted by Crippen LogP contribution is -2.35. The summed E-state index contributed by atoms with van der Waals surface area (Å²) >= 11 is 0. The van der Waals surface area contributed by atoms with E-state index < -0.39 is 7.26 Å². The zero-order chi connectivity index (χ0) is 18.4. The summed E-state index contributed by atoms with van der Waals surface area (Å²) in [4.78, 5) is 0. The first kappa shape index (κ1) is 18.4.